The molecule has 0 spiro atoms. The Morgan fingerprint density at radius 2 is 2.42 bits per heavy atom. The number of hydrogen-bond acceptors (Lipinski definition) is 3. The summed E-state index contributed by atoms with van der Waals surface area (Å²) in [5.41, 5.74) is 1.17. The van der Waals surface area contributed by atoms with Crippen LogP contribution in [-0.2, 0) is 10.5 Å². The summed E-state index contributed by atoms with van der Waals surface area (Å²) in [7, 11) is 0. The molecule has 1 saturated heterocycles. The number of nitrogens with zero attached hydrogens (tertiary/aromatic N) is 1. The molecule has 2 rings (SSSR count). The van der Waals surface area contributed by atoms with Crippen LogP contribution in [0.3, 0.4) is 0 Å². The van der Waals surface area contributed by atoms with Crippen LogP contribution in [0.25, 0.3) is 0 Å². The van der Waals surface area contributed by atoms with Gasteiger partial charge in [-0.15, -0.1) is 11.8 Å². The van der Waals surface area contributed by atoms with Crippen molar-refractivity contribution in [2.24, 2.45) is 0 Å². The monoisotopic (exact) mass is 298 g/mol. The first kappa shape index (κ1) is 14.7. The van der Waals surface area contributed by atoms with E-state index in [0.717, 1.165) is 30.4 Å². The van der Waals surface area contributed by atoms with Gasteiger partial charge in [0, 0.05) is 36.5 Å². The van der Waals surface area contributed by atoms with Crippen molar-refractivity contribution in [3.8, 4) is 0 Å². The maximum Gasteiger partial charge on any atom is 0.232 e. The Balaban J connectivity index is 1.74. The minimum Gasteiger partial charge on any atom is -0.339 e. The second-order valence-corrected chi connectivity index (χ2v) is 6.24. The van der Waals surface area contributed by atoms with Crippen molar-refractivity contribution in [2.75, 3.05) is 25.4 Å². The Hall–Kier alpha value is -0.710. The minimum atomic E-state index is 0.236. The van der Waals surface area contributed by atoms with E-state index in [1.165, 1.54) is 5.56 Å². The van der Waals surface area contributed by atoms with Crippen LogP contribution in [0.15, 0.2) is 24.3 Å². The highest BCUT2D eigenvalue weighted by Crippen LogP contribution is 2.17. The number of benzene rings is 1. The lowest BCUT2D eigenvalue weighted by Crippen LogP contribution is -2.51. The number of carbonyl (C=O) groups excluding carboxylic acids is 1. The average molecular weight is 299 g/mol. The molecular weight excluding hydrogens is 280 g/mol. The fourth-order valence-electron chi connectivity index (χ4n) is 2.13. The molecule has 1 fully saturated rings. The lowest BCUT2D eigenvalue weighted by Gasteiger charge is -2.31. The predicted molar refractivity (Wildman–Crippen MR) is 81.7 cm³/mol. The van der Waals surface area contributed by atoms with Crippen LogP contribution >= 0.6 is 23.4 Å². The van der Waals surface area contributed by atoms with E-state index in [-0.39, 0.29) is 5.91 Å². The number of hydrogen-bond donors (Lipinski definition) is 1. The molecule has 5 heteroatoms. The van der Waals surface area contributed by atoms with E-state index in [2.05, 4.69) is 12.2 Å². The molecular formula is C14H19ClN2OS. The Bertz CT molecular complexity index is 441. The van der Waals surface area contributed by atoms with E-state index in [1.54, 1.807) is 11.8 Å². The highest BCUT2D eigenvalue weighted by atomic mass is 35.5. The number of piperazine rings is 1. The molecule has 1 N–H and O–H groups in total. The highest BCUT2D eigenvalue weighted by Gasteiger charge is 2.19. The molecule has 0 bridgehead atoms. The zero-order valence-electron chi connectivity index (χ0n) is 11.1. The van der Waals surface area contributed by atoms with Crippen molar-refractivity contribution in [1.82, 2.24) is 10.2 Å². The molecule has 1 aromatic carbocycles. The van der Waals surface area contributed by atoms with Gasteiger partial charge in [-0.25, -0.2) is 0 Å². The lowest BCUT2D eigenvalue weighted by atomic mass is 10.2. The second-order valence-electron chi connectivity index (χ2n) is 4.82. The SMILES string of the molecule is CC1CN(C(=O)CSCc2cccc(Cl)c2)CCN1. The van der Waals surface area contributed by atoms with Crippen molar-refractivity contribution in [2.45, 2.75) is 18.7 Å². The maximum absolute atomic E-state index is 12.1. The van der Waals surface area contributed by atoms with Gasteiger partial charge in [-0.3, -0.25) is 4.79 Å². The fraction of sp³-hybridized carbons (Fsp3) is 0.500. The van der Waals surface area contributed by atoms with Crippen LogP contribution in [0.5, 0.6) is 0 Å². The lowest BCUT2D eigenvalue weighted by molar-refractivity contribution is -0.129. The number of nitrogens with one attached hydrogen (secondary N) is 1. The molecule has 1 unspecified atom stereocenters. The van der Waals surface area contributed by atoms with Crippen LogP contribution in [0.4, 0.5) is 0 Å². The van der Waals surface area contributed by atoms with Gasteiger partial charge in [-0.1, -0.05) is 23.7 Å². The van der Waals surface area contributed by atoms with Gasteiger partial charge in [0.1, 0.15) is 0 Å². The van der Waals surface area contributed by atoms with E-state index >= 15 is 0 Å². The molecule has 0 aliphatic carbocycles. The first-order valence-corrected chi connectivity index (χ1v) is 8.02. The van der Waals surface area contributed by atoms with Gasteiger partial charge in [0.2, 0.25) is 5.91 Å². The van der Waals surface area contributed by atoms with Gasteiger partial charge >= 0.3 is 0 Å². The van der Waals surface area contributed by atoms with Crippen LogP contribution < -0.4 is 5.32 Å². The number of halogens is 1. The molecule has 1 aliphatic rings. The van der Waals surface area contributed by atoms with Gasteiger partial charge < -0.3 is 10.2 Å². The fourth-order valence-corrected chi connectivity index (χ4v) is 3.22. The van der Waals surface area contributed by atoms with Gasteiger partial charge in [0.25, 0.3) is 0 Å². The minimum absolute atomic E-state index is 0.236. The number of amides is 1. The summed E-state index contributed by atoms with van der Waals surface area (Å²) in [4.78, 5) is 14.0. The molecule has 1 aliphatic heterocycles. The Labute approximate surface area is 123 Å². The molecule has 0 saturated carbocycles. The summed E-state index contributed by atoms with van der Waals surface area (Å²) in [6.07, 6.45) is 0. The number of rotatable bonds is 4. The van der Waals surface area contributed by atoms with Crippen molar-refractivity contribution in [3.63, 3.8) is 0 Å². The summed E-state index contributed by atoms with van der Waals surface area (Å²) < 4.78 is 0. The molecule has 19 heavy (non-hydrogen) atoms. The van der Waals surface area contributed by atoms with Crippen molar-refractivity contribution in [3.05, 3.63) is 34.9 Å². The molecule has 0 aromatic heterocycles. The molecule has 3 nitrogen and oxygen atoms in total. The van der Waals surface area contributed by atoms with Gasteiger partial charge in [-0.05, 0) is 24.6 Å². The third-order valence-electron chi connectivity index (χ3n) is 3.10. The van der Waals surface area contributed by atoms with E-state index in [4.69, 9.17) is 11.6 Å². The first-order valence-electron chi connectivity index (χ1n) is 6.48. The van der Waals surface area contributed by atoms with Crippen LogP contribution in [0.2, 0.25) is 5.02 Å². The van der Waals surface area contributed by atoms with Crippen molar-refractivity contribution >= 4 is 29.3 Å². The molecule has 0 radical (unpaired) electrons. The summed E-state index contributed by atoms with van der Waals surface area (Å²) in [6, 6.07) is 8.19. The Kier molecular flexibility index (Phi) is 5.55. The van der Waals surface area contributed by atoms with E-state index in [1.807, 2.05) is 29.2 Å². The van der Waals surface area contributed by atoms with Gasteiger partial charge in [-0.2, -0.15) is 0 Å². The smallest absolute Gasteiger partial charge is 0.232 e. The van der Waals surface area contributed by atoms with Crippen LogP contribution in [0.1, 0.15) is 12.5 Å². The molecule has 1 amide bonds. The standard InChI is InChI=1S/C14H19ClN2OS/c1-11-8-17(6-5-16-11)14(18)10-19-9-12-3-2-4-13(15)7-12/h2-4,7,11,16H,5-6,8-10H2,1H3. The quantitative estimate of drug-likeness (QED) is 0.926. The third kappa shape index (κ3) is 4.71. The topological polar surface area (TPSA) is 32.3 Å². The Morgan fingerprint density at radius 1 is 1.58 bits per heavy atom. The number of thioether (sulfide) groups is 1. The normalized spacial score (nSPS) is 19.5. The van der Waals surface area contributed by atoms with E-state index in [9.17, 15) is 4.79 Å². The zero-order chi connectivity index (χ0) is 13.7. The molecule has 1 atom stereocenters. The van der Waals surface area contributed by atoms with E-state index < -0.39 is 0 Å². The highest BCUT2D eigenvalue weighted by molar-refractivity contribution is 7.99. The third-order valence-corrected chi connectivity index (χ3v) is 4.33. The van der Waals surface area contributed by atoms with E-state index in [0.29, 0.717) is 11.8 Å². The molecule has 1 aromatic rings. The summed E-state index contributed by atoms with van der Waals surface area (Å²) in [6.45, 7) is 4.64. The van der Waals surface area contributed by atoms with Crippen LogP contribution in [-0.4, -0.2) is 42.2 Å². The van der Waals surface area contributed by atoms with Crippen LogP contribution in [0, 0.1) is 0 Å². The second kappa shape index (κ2) is 7.17. The van der Waals surface area contributed by atoms with Gasteiger partial charge in [0.15, 0.2) is 0 Å². The van der Waals surface area contributed by atoms with Gasteiger partial charge in [0.05, 0.1) is 5.75 Å². The Morgan fingerprint density at radius 3 is 3.16 bits per heavy atom. The van der Waals surface area contributed by atoms with Crippen molar-refractivity contribution < 1.29 is 4.79 Å². The largest absolute Gasteiger partial charge is 0.339 e. The average Bonchev–Trinajstić information content (AvgIpc) is 2.38. The predicted octanol–water partition coefficient (Wildman–Crippen LogP) is 2.39. The number of carbonyl (C=O) groups is 1. The summed E-state index contributed by atoms with van der Waals surface area (Å²) in [5.74, 6) is 1.60. The molecule has 104 valence electrons. The zero-order valence-corrected chi connectivity index (χ0v) is 12.6. The maximum atomic E-state index is 12.1. The molecule has 1 heterocycles. The summed E-state index contributed by atoms with van der Waals surface area (Å²) in [5, 5.41) is 4.09. The first-order chi connectivity index (χ1) is 9.15. The summed E-state index contributed by atoms with van der Waals surface area (Å²) >= 11 is 7.58. The van der Waals surface area contributed by atoms with Crippen molar-refractivity contribution in [1.29, 1.82) is 0 Å².